The van der Waals surface area contributed by atoms with Crippen molar-refractivity contribution in [2.75, 3.05) is 0 Å². The van der Waals surface area contributed by atoms with E-state index >= 15 is 0 Å². The van der Waals surface area contributed by atoms with E-state index in [1.54, 1.807) is 18.2 Å². The second kappa shape index (κ2) is 5.43. The molecule has 0 amide bonds. The Balaban J connectivity index is 2.29. The predicted molar refractivity (Wildman–Crippen MR) is 80.1 cm³/mol. The van der Waals surface area contributed by atoms with Gasteiger partial charge in [-0.25, -0.2) is 4.98 Å². The Kier molecular flexibility index (Phi) is 3.48. The molecule has 0 fully saturated rings. The van der Waals surface area contributed by atoms with Crippen molar-refractivity contribution in [3.63, 3.8) is 0 Å². The SMILES string of the molecule is Fc1ncccc1-c1c(Cl)cccc1-c1ccccc1. The molecule has 0 atom stereocenters. The number of benzene rings is 2. The molecule has 0 saturated heterocycles. The first-order chi connectivity index (χ1) is 9.77. The molecule has 3 heteroatoms. The van der Waals surface area contributed by atoms with Gasteiger partial charge in [-0.3, -0.25) is 0 Å². The zero-order chi connectivity index (χ0) is 13.9. The number of hydrogen-bond donors (Lipinski definition) is 0. The van der Waals surface area contributed by atoms with Crippen molar-refractivity contribution in [1.29, 1.82) is 0 Å². The molecule has 0 aliphatic heterocycles. The van der Waals surface area contributed by atoms with Gasteiger partial charge < -0.3 is 0 Å². The second-order valence-electron chi connectivity index (χ2n) is 4.37. The van der Waals surface area contributed by atoms with E-state index in [9.17, 15) is 4.39 Å². The quantitative estimate of drug-likeness (QED) is 0.589. The van der Waals surface area contributed by atoms with Gasteiger partial charge in [-0.2, -0.15) is 4.39 Å². The van der Waals surface area contributed by atoms with Crippen molar-refractivity contribution in [2.45, 2.75) is 0 Å². The van der Waals surface area contributed by atoms with Crippen LogP contribution in [0.2, 0.25) is 5.02 Å². The van der Waals surface area contributed by atoms with Crippen molar-refractivity contribution in [3.8, 4) is 22.3 Å². The summed E-state index contributed by atoms with van der Waals surface area (Å²) < 4.78 is 14.0. The minimum Gasteiger partial charge on any atom is -0.228 e. The maximum absolute atomic E-state index is 14.0. The Morgan fingerprint density at radius 2 is 1.55 bits per heavy atom. The van der Waals surface area contributed by atoms with Crippen LogP contribution in [0.1, 0.15) is 0 Å². The fourth-order valence-electron chi connectivity index (χ4n) is 2.23. The van der Waals surface area contributed by atoms with Crippen molar-refractivity contribution in [1.82, 2.24) is 4.98 Å². The van der Waals surface area contributed by atoms with Crippen LogP contribution in [0.5, 0.6) is 0 Å². The summed E-state index contributed by atoms with van der Waals surface area (Å²) in [5.41, 5.74) is 2.97. The third-order valence-electron chi connectivity index (χ3n) is 3.13. The minimum atomic E-state index is -0.516. The van der Waals surface area contributed by atoms with E-state index in [1.165, 1.54) is 6.20 Å². The molecule has 0 spiro atoms. The summed E-state index contributed by atoms with van der Waals surface area (Å²) in [6, 6.07) is 18.7. The Morgan fingerprint density at radius 1 is 0.800 bits per heavy atom. The van der Waals surface area contributed by atoms with Crippen LogP contribution in [0.25, 0.3) is 22.3 Å². The molecule has 98 valence electrons. The second-order valence-corrected chi connectivity index (χ2v) is 4.78. The first-order valence-corrected chi connectivity index (χ1v) is 6.60. The number of aromatic nitrogens is 1. The van der Waals surface area contributed by atoms with E-state index in [1.807, 2.05) is 42.5 Å². The lowest BCUT2D eigenvalue weighted by molar-refractivity contribution is 0.587. The highest BCUT2D eigenvalue weighted by Gasteiger charge is 2.14. The smallest absolute Gasteiger partial charge is 0.220 e. The van der Waals surface area contributed by atoms with Gasteiger partial charge in [0.15, 0.2) is 0 Å². The van der Waals surface area contributed by atoms with E-state index in [-0.39, 0.29) is 0 Å². The largest absolute Gasteiger partial charge is 0.228 e. The lowest BCUT2D eigenvalue weighted by Gasteiger charge is -2.12. The molecule has 0 saturated carbocycles. The Bertz CT molecular complexity index is 741. The number of pyridine rings is 1. The molecule has 2 aromatic carbocycles. The molecule has 0 radical (unpaired) electrons. The van der Waals surface area contributed by atoms with E-state index in [4.69, 9.17) is 11.6 Å². The number of rotatable bonds is 2. The van der Waals surface area contributed by atoms with Crippen LogP contribution < -0.4 is 0 Å². The Morgan fingerprint density at radius 3 is 2.30 bits per heavy atom. The summed E-state index contributed by atoms with van der Waals surface area (Å²) in [6.07, 6.45) is 1.43. The van der Waals surface area contributed by atoms with Gasteiger partial charge in [0.1, 0.15) is 0 Å². The van der Waals surface area contributed by atoms with E-state index in [2.05, 4.69) is 4.98 Å². The molecule has 3 rings (SSSR count). The molecule has 3 aromatic rings. The average molecular weight is 284 g/mol. The zero-order valence-electron chi connectivity index (χ0n) is 10.6. The van der Waals surface area contributed by atoms with Gasteiger partial charge >= 0.3 is 0 Å². The molecular weight excluding hydrogens is 273 g/mol. The molecule has 1 nitrogen and oxygen atoms in total. The molecular formula is C17H11ClFN. The van der Waals surface area contributed by atoms with E-state index in [0.29, 0.717) is 16.1 Å². The predicted octanol–water partition coefficient (Wildman–Crippen LogP) is 5.21. The average Bonchev–Trinajstić information content (AvgIpc) is 2.49. The van der Waals surface area contributed by atoms with Gasteiger partial charge in [0.25, 0.3) is 0 Å². The van der Waals surface area contributed by atoms with Crippen LogP contribution in [0.15, 0.2) is 66.9 Å². The fourth-order valence-corrected chi connectivity index (χ4v) is 2.51. The third-order valence-corrected chi connectivity index (χ3v) is 3.44. The zero-order valence-corrected chi connectivity index (χ0v) is 11.3. The van der Waals surface area contributed by atoms with Gasteiger partial charge in [-0.05, 0) is 29.3 Å². The first-order valence-electron chi connectivity index (χ1n) is 6.22. The minimum absolute atomic E-state index is 0.414. The van der Waals surface area contributed by atoms with Crippen LogP contribution in [0, 0.1) is 5.95 Å². The molecule has 0 aliphatic carbocycles. The van der Waals surface area contributed by atoms with Crippen molar-refractivity contribution < 1.29 is 4.39 Å². The van der Waals surface area contributed by atoms with Crippen molar-refractivity contribution in [3.05, 3.63) is 77.8 Å². The maximum Gasteiger partial charge on any atom is 0.220 e. The summed E-state index contributed by atoms with van der Waals surface area (Å²) in [6.45, 7) is 0. The van der Waals surface area contributed by atoms with Crippen LogP contribution >= 0.6 is 11.6 Å². The third kappa shape index (κ3) is 2.30. The van der Waals surface area contributed by atoms with Crippen LogP contribution in [-0.4, -0.2) is 4.98 Å². The molecule has 0 aliphatic rings. The molecule has 20 heavy (non-hydrogen) atoms. The van der Waals surface area contributed by atoms with Crippen LogP contribution in [0.3, 0.4) is 0 Å². The van der Waals surface area contributed by atoms with Gasteiger partial charge in [0.05, 0.1) is 0 Å². The Labute approximate surface area is 121 Å². The Hall–Kier alpha value is -2.19. The highest BCUT2D eigenvalue weighted by Crippen LogP contribution is 2.38. The lowest BCUT2D eigenvalue weighted by atomic mass is 9.95. The van der Waals surface area contributed by atoms with Gasteiger partial charge in [0, 0.05) is 22.3 Å². The normalized spacial score (nSPS) is 10.5. The summed E-state index contributed by atoms with van der Waals surface area (Å²) in [4.78, 5) is 3.71. The molecule has 0 N–H and O–H groups in total. The number of nitrogens with zero attached hydrogens (tertiary/aromatic N) is 1. The summed E-state index contributed by atoms with van der Waals surface area (Å²) in [5.74, 6) is -0.516. The molecule has 0 bridgehead atoms. The van der Waals surface area contributed by atoms with Gasteiger partial charge in [0.2, 0.25) is 5.95 Å². The monoisotopic (exact) mass is 283 g/mol. The van der Waals surface area contributed by atoms with Crippen molar-refractivity contribution >= 4 is 11.6 Å². The number of hydrogen-bond acceptors (Lipinski definition) is 1. The standard InChI is InChI=1S/C17H11ClFN/c18-15-10-4-8-13(12-6-2-1-3-7-12)16(15)14-9-5-11-20-17(14)19/h1-11H. The summed E-state index contributed by atoms with van der Waals surface area (Å²) in [5, 5.41) is 0.512. The molecule has 0 unspecified atom stereocenters. The highest BCUT2D eigenvalue weighted by molar-refractivity contribution is 6.34. The fraction of sp³-hybridized carbons (Fsp3) is 0. The van der Waals surface area contributed by atoms with Crippen LogP contribution in [-0.2, 0) is 0 Å². The molecule has 1 heterocycles. The maximum atomic E-state index is 14.0. The van der Waals surface area contributed by atoms with E-state index in [0.717, 1.165) is 11.1 Å². The number of halogens is 2. The summed E-state index contributed by atoms with van der Waals surface area (Å²) >= 11 is 6.29. The first kappa shape index (κ1) is 12.8. The topological polar surface area (TPSA) is 12.9 Å². The van der Waals surface area contributed by atoms with Crippen LogP contribution in [0.4, 0.5) is 4.39 Å². The highest BCUT2D eigenvalue weighted by atomic mass is 35.5. The summed E-state index contributed by atoms with van der Waals surface area (Å²) in [7, 11) is 0. The van der Waals surface area contributed by atoms with E-state index < -0.39 is 5.95 Å². The lowest BCUT2D eigenvalue weighted by Crippen LogP contribution is -1.92. The van der Waals surface area contributed by atoms with Gasteiger partial charge in [-0.15, -0.1) is 0 Å². The van der Waals surface area contributed by atoms with Gasteiger partial charge in [-0.1, -0.05) is 54.1 Å². The molecule has 1 aromatic heterocycles. The van der Waals surface area contributed by atoms with Crippen molar-refractivity contribution in [2.24, 2.45) is 0 Å².